The Balaban J connectivity index is 1.52. The van der Waals surface area contributed by atoms with Crippen LogP contribution >= 0.6 is 0 Å². The van der Waals surface area contributed by atoms with Gasteiger partial charge >= 0.3 is 5.97 Å². The maximum atomic E-state index is 12.5. The number of carbonyl (C=O) groups excluding carboxylic acids is 1. The fourth-order valence-corrected chi connectivity index (χ4v) is 4.08. The number of methoxy groups -OCH3 is 1. The van der Waals surface area contributed by atoms with Crippen LogP contribution in [0.3, 0.4) is 0 Å². The van der Waals surface area contributed by atoms with E-state index in [1.54, 1.807) is 13.2 Å². The highest BCUT2D eigenvalue weighted by Crippen LogP contribution is 2.39. The molecule has 0 amide bonds. The predicted octanol–water partition coefficient (Wildman–Crippen LogP) is 6.52. The highest BCUT2D eigenvalue weighted by molar-refractivity contribution is 6.24. The van der Waals surface area contributed by atoms with Crippen molar-refractivity contribution in [2.45, 2.75) is 6.92 Å². The second-order valence-electron chi connectivity index (χ2n) is 7.39. The molecule has 30 heavy (non-hydrogen) atoms. The molecule has 0 saturated heterocycles. The van der Waals surface area contributed by atoms with Gasteiger partial charge in [-0.3, -0.25) is 0 Å². The van der Waals surface area contributed by atoms with E-state index in [-0.39, 0.29) is 0 Å². The van der Waals surface area contributed by atoms with Crippen LogP contribution in [0.15, 0.2) is 78.9 Å². The first-order valence-corrected chi connectivity index (χ1v) is 9.85. The minimum Gasteiger partial charge on any atom is -0.497 e. The van der Waals surface area contributed by atoms with Gasteiger partial charge in [0.25, 0.3) is 0 Å². The zero-order valence-electron chi connectivity index (χ0n) is 16.8. The largest absolute Gasteiger partial charge is 0.497 e. The van der Waals surface area contributed by atoms with E-state index in [4.69, 9.17) is 9.47 Å². The fraction of sp³-hybridized carbons (Fsp3) is 0.0741. The van der Waals surface area contributed by atoms with E-state index >= 15 is 0 Å². The van der Waals surface area contributed by atoms with Crippen LogP contribution in [0.1, 0.15) is 11.1 Å². The van der Waals surface area contributed by atoms with Crippen LogP contribution in [0.4, 0.5) is 0 Å². The third-order valence-corrected chi connectivity index (χ3v) is 5.59. The third-order valence-electron chi connectivity index (χ3n) is 5.59. The Morgan fingerprint density at radius 2 is 1.57 bits per heavy atom. The molecule has 3 heteroatoms. The molecule has 0 unspecified atom stereocenters. The first kappa shape index (κ1) is 18.2. The van der Waals surface area contributed by atoms with Crippen LogP contribution in [0.25, 0.3) is 38.4 Å². The molecule has 0 aromatic heterocycles. The highest BCUT2D eigenvalue weighted by atomic mass is 16.5. The third kappa shape index (κ3) is 3.05. The maximum absolute atomic E-state index is 12.5. The molecule has 0 atom stereocenters. The first-order valence-electron chi connectivity index (χ1n) is 9.85. The molecule has 0 radical (unpaired) electrons. The molecule has 5 aromatic carbocycles. The van der Waals surface area contributed by atoms with Gasteiger partial charge in [-0.1, -0.05) is 54.6 Å². The van der Waals surface area contributed by atoms with Gasteiger partial charge in [-0.2, -0.15) is 0 Å². The van der Waals surface area contributed by atoms with E-state index < -0.39 is 5.97 Å². The summed E-state index contributed by atoms with van der Waals surface area (Å²) in [5.41, 5.74) is 1.84. The molecule has 0 fully saturated rings. The van der Waals surface area contributed by atoms with Crippen molar-refractivity contribution in [3.05, 3.63) is 90.0 Å². The summed E-state index contributed by atoms with van der Waals surface area (Å²) in [6, 6.07) is 24.3. The first-order chi connectivity index (χ1) is 14.6. The molecule has 0 heterocycles. The van der Waals surface area contributed by atoms with Gasteiger partial charge in [0.05, 0.1) is 7.11 Å². The summed E-state index contributed by atoms with van der Waals surface area (Å²) in [7, 11) is 1.62. The Hall–Kier alpha value is -3.85. The van der Waals surface area contributed by atoms with Crippen LogP contribution < -0.4 is 9.47 Å². The van der Waals surface area contributed by atoms with Crippen molar-refractivity contribution in [2.75, 3.05) is 7.11 Å². The fourth-order valence-electron chi connectivity index (χ4n) is 4.08. The van der Waals surface area contributed by atoms with E-state index in [1.807, 2.05) is 37.3 Å². The number of esters is 1. The van der Waals surface area contributed by atoms with Gasteiger partial charge in [0.1, 0.15) is 11.5 Å². The molecule has 0 aliphatic heterocycles. The SMILES string of the molecule is COc1cccc(C=CC(=O)Oc2cc3ccc4cccc5ccc(c2C)c3c45)c1. The van der Waals surface area contributed by atoms with Crippen LogP contribution in [-0.4, -0.2) is 13.1 Å². The number of ether oxygens (including phenoxy) is 2. The quantitative estimate of drug-likeness (QED) is 0.151. The summed E-state index contributed by atoms with van der Waals surface area (Å²) in [5, 5.41) is 7.09. The molecule has 0 bridgehead atoms. The summed E-state index contributed by atoms with van der Waals surface area (Å²) in [5.74, 6) is 0.920. The predicted molar refractivity (Wildman–Crippen MR) is 123 cm³/mol. The van der Waals surface area contributed by atoms with E-state index in [0.29, 0.717) is 5.75 Å². The molecule has 0 saturated carbocycles. The minimum atomic E-state index is -0.409. The Labute approximate surface area is 174 Å². The molecular weight excluding hydrogens is 372 g/mol. The molecule has 0 N–H and O–H groups in total. The summed E-state index contributed by atoms with van der Waals surface area (Å²) in [6.45, 7) is 2.00. The Bertz CT molecular complexity index is 1410. The monoisotopic (exact) mass is 392 g/mol. The van der Waals surface area contributed by atoms with Gasteiger partial charge < -0.3 is 9.47 Å². The van der Waals surface area contributed by atoms with Gasteiger partial charge in [-0.25, -0.2) is 4.79 Å². The van der Waals surface area contributed by atoms with E-state index in [2.05, 4.69) is 42.5 Å². The second-order valence-corrected chi connectivity index (χ2v) is 7.39. The number of aryl methyl sites for hydroxylation is 1. The van der Waals surface area contributed by atoms with Gasteiger partial charge in [-0.05, 0) is 74.6 Å². The molecule has 3 nitrogen and oxygen atoms in total. The molecule has 0 aliphatic rings. The normalized spacial score (nSPS) is 11.7. The zero-order valence-corrected chi connectivity index (χ0v) is 16.8. The summed E-state index contributed by atoms with van der Waals surface area (Å²) in [4.78, 5) is 12.5. The average Bonchev–Trinajstić information content (AvgIpc) is 2.78. The number of carbonyl (C=O) groups is 1. The molecule has 0 spiro atoms. The summed E-state index contributed by atoms with van der Waals surface area (Å²) in [6.07, 6.45) is 3.17. The summed E-state index contributed by atoms with van der Waals surface area (Å²) >= 11 is 0. The van der Waals surface area contributed by atoms with Crippen molar-refractivity contribution in [3.63, 3.8) is 0 Å². The Morgan fingerprint density at radius 3 is 2.37 bits per heavy atom. The van der Waals surface area contributed by atoms with Crippen LogP contribution in [0, 0.1) is 6.92 Å². The molecular formula is C27H20O3. The minimum absolute atomic E-state index is 0.409. The summed E-state index contributed by atoms with van der Waals surface area (Å²) < 4.78 is 10.9. The van der Waals surface area contributed by atoms with Crippen LogP contribution in [0.2, 0.25) is 0 Å². The van der Waals surface area contributed by atoms with Crippen molar-refractivity contribution in [1.29, 1.82) is 0 Å². The van der Waals surface area contributed by atoms with Crippen LogP contribution in [-0.2, 0) is 4.79 Å². The Kier molecular flexibility index (Phi) is 4.36. The van der Waals surface area contributed by atoms with Gasteiger partial charge in [0.2, 0.25) is 0 Å². The lowest BCUT2D eigenvalue weighted by atomic mass is 9.92. The van der Waals surface area contributed by atoms with E-state index in [9.17, 15) is 4.79 Å². The lowest BCUT2D eigenvalue weighted by Gasteiger charge is -2.15. The van der Waals surface area contributed by atoms with Gasteiger partial charge in [-0.15, -0.1) is 0 Å². The average molecular weight is 392 g/mol. The van der Waals surface area contributed by atoms with Crippen molar-refractivity contribution in [3.8, 4) is 11.5 Å². The number of benzene rings is 5. The molecule has 0 aliphatic carbocycles. The number of hydrogen-bond donors (Lipinski definition) is 0. The van der Waals surface area contributed by atoms with Gasteiger partial charge in [0, 0.05) is 6.08 Å². The maximum Gasteiger partial charge on any atom is 0.336 e. The zero-order chi connectivity index (χ0) is 20.7. The van der Waals surface area contributed by atoms with Crippen molar-refractivity contribution in [2.24, 2.45) is 0 Å². The van der Waals surface area contributed by atoms with Crippen molar-refractivity contribution < 1.29 is 14.3 Å². The van der Waals surface area contributed by atoms with Gasteiger partial charge in [0.15, 0.2) is 0 Å². The lowest BCUT2D eigenvalue weighted by Crippen LogP contribution is -2.05. The van der Waals surface area contributed by atoms with Crippen molar-refractivity contribution in [1.82, 2.24) is 0 Å². The Morgan fingerprint density at radius 1 is 0.833 bits per heavy atom. The van der Waals surface area contributed by atoms with Crippen molar-refractivity contribution >= 4 is 44.4 Å². The second kappa shape index (κ2) is 7.20. The lowest BCUT2D eigenvalue weighted by molar-refractivity contribution is -0.128. The van der Waals surface area contributed by atoms with E-state index in [0.717, 1.165) is 27.6 Å². The topological polar surface area (TPSA) is 35.5 Å². The van der Waals surface area contributed by atoms with Crippen LogP contribution in [0.5, 0.6) is 11.5 Å². The molecule has 5 aromatic rings. The standard InChI is InChI=1S/C27H20O3/c1-17-23-13-12-20-7-4-6-19-10-11-21(27(23)26(19)20)16-24(17)30-25(28)14-9-18-5-3-8-22(15-18)29-2/h3-16H,1-2H3. The highest BCUT2D eigenvalue weighted by Gasteiger charge is 2.14. The number of hydrogen-bond acceptors (Lipinski definition) is 3. The smallest absolute Gasteiger partial charge is 0.336 e. The van der Waals surface area contributed by atoms with E-state index in [1.165, 1.54) is 27.6 Å². The number of rotatable bonds is 4. The molecule has 146 valence electrons. The molecule has 5 rings (SSSR count).